The Kier molecular flexibility index (Phi) is 3.21. The molecule has 3 heterocycles. The smallest absolute Gasteiger partial charge is 0.264 e. The predicted molar refractivity (Wildman–Crippen MR) is 88.5 cm³/mol. The summed E-state index contributed by atoms with van der Waals surface area (Å²) in [5, 5.41) is 1.26. The van der Waals surface area contributed by atoms with Crippen molar-refractivity contribution >= 4 is 48.1 Å². The molecule has 0 spiro atoms. The Hall–Kier alpha value is -1.43. The summed E-state index contributed by atoms with van der Waals surface area (Å²) in [6.45, 7) is 4.02. The number of benzene rings is 1. The van der Waals surface area contributed by atoms with Gasteiger partial charge in [0.15, 0.2) is 0 Å². The van der Waals surface area contributed by atoms with E-state index in [1.165, 1.54) is 19.5 Å². The van der Waals surface area contributed by atoms with Crippen LogP contribution in [0.3, 0.4) is 0 Å². The molecule has 0 radical (unpaired) electrons. The zero-order valence-electron chi connectivity index (χ0n) is 11.7. The van der Waals surface area contributed by atoms with Crippen LogP contribution in [0.15, 0.2) is 30.3 Å². The fraction of sp³-hybridized carbons (Fsp3) is 0.312. The number of nitrogens with zero attached hydrogens (tertiary/aromatic N) is 1. The van der Waals surface area contributed by atoms with E-state index in [0.29, 0.717) is 19.7 Å². The van der Waals surface area contributed by atoms with Crippen LogP contribution < -0.4 is 0 Å². The van der Waals surface area contributed by atoms with Gasteiger partial charge in [0.25, 0.3) is 5.91 Å². The molecule has 3 nitrogen and oxygen atoms in total. The molecule has 0 unspecified atom stereocenters. The van der Waals surface area contributed by atoms with Gasteiger partial charge in [-0.25, -0.2) is 0 Å². The molecule has 0 N–H and O–H groups in total. The van der Waals surface area contributed by atoms with Crippen LogP contribution in [0.2, 0.25) is 0 Å². The third-order valence-electron chi connectivity index (χ3n) is 3.79. The maximum Gasteiger partial charge on any atom is 0.264 e. The Morgan fingerprint density at radius 2 is 2.14 bits per heavy atom. The van der Waals surface area contributed by atoms with Crippen LogP contribution in [0.25, 0.3) is 19.5 Å². The van der Waals surface area contributed by atoms with Gasteiger partial charge in [0.2, 0.25) is 0 Å². The van der Waals surface area contributed by atoms with Gasteiger partial charge in [-0.1, -0.05) is 18.2 Å². The summed E-state index contributed by atoms with van der Waals surface area (Å²) in [6.07, 6.45) is 0.129. The predicted octanol–water partition coefficient (Wildman–Crippen LogP) is 3.98. The second-order valence-corrected chi connectivity index (χ2v) is 7.47. The van der Waals surface area contributed by atoms with Crippen molar-refractivity contribution in [1.29, 1.82) is 0 Å². The second-order valence-electron chi connectivity index (χ2n) is 5.33. The van der Waals surface area contributed by atoms with Crippen LogP contribution in [0.5, 0.6) is 0 Å². The fourth-order valence-electron chi connectivity index (χ4n) is 2.76. The van der Waals surface area contributed by atoms with Crippen LogP contribution in [0, 0.1) is 0 Å². The van der Waals surface area contributed by atoms with E-state index >= 15 is 0 Å². The van der Waals surface area contributed by atoms with E-state index in [-0.39, 0.29) is 12.0 Å². The highest BCUT2D eigenvalue weighted by atomic mass is 32.1. The first kappa shape index (κ1) is 13.2. The third kappa shape index (κ3) is 2.25. The van der Waals surface area contributed by atoms with Crippen molar-refractivity contribution in [3.8, 4) is 0 Å². The SMILES string of the molecule is C[C@@H]1CN(C(=O)c2cc3sc4ccccc4c3s2)CCO1. The number of hydrogen-bond donors (Lipinski definition) is 0. The average Bonchev–Trinajstić information content (AvgIpc) is 3.04. The van der Waals surface area contributed by atoms with Crippen molar-refractivity contribution < 1.29 is 9.53 Å². The third-order valence-corrected chi connectivity index (χ3v) is 6.19. The molecular weight excluding hydrogens is 302 g/mol. The Morgan fingerprint density at radius 1 is 1.29 bits per heavy atom. The normalized spacial score (nSPS) is 19.5. The van der Waals surface area contributed by atoms with Crippen LogP contribution >= 0.6 is 22.7 Å². The molecule has 5 heteroatoms. The number of amides is 1. The number of hydrogen-bond acceptors (Lipinski definition) is 4. The van der Waals surface area contributed by atoms with Gasteiger partial charge in [-0.2, -0.15) is 0 Å². The fourth-order valence-corrected chi connectivity index (χ4v) is 5.26. The van der Waals surface area contributed by atoms with Gasteiger partial charge in [0, 0.05) is 27.9 Å². The van der Waals surface area contributed by atoms with Crippen molar-refractivity contribution in [1.82, 2.24) is 4.90 Å². The van der Waals surface area contributed by atoms with E-state index in [0.717, 1.165) is 4.88 Å². The van der Waals surface area contributed by atoms with Gasteiger partial charge in [-0.05, 0) is 19.1 Å². The van der Waals surface area contributed by atoms with Crippen molar-refractivity contribution in [2.75, 3.05) is 19.7 Å². The molecule has 2 aromatic heterocycles. The molecule has 0 saturated carbocycles. The van der Waals surface area contributed by atoms with Gasteiger partial charge in [0.05, 0.1) is 22.3 Å². The summed E-state index contributed by atoms with van der Waals surface area (Å²) >= 11 is 3.38. The molecule has 1 aromatic carbocycles. The number of rotatable bonds is 1. The lowest BCUT2D eigenvalue weighted by Crippen LogP contribution is -2.44. The lowest BCUT2D eigenvalue weighted by atomic mass is 10.2. The van der Waals surface area contributed by atoms with E-state index in [1.807, 2.05) is 17.9 Å². The number of fused-ring (bicyclic) bond motifs is 3. The topological polar surface area (TPSA) is 29.5 Å². The highest BCUT2D eigenvalue weighted by Gasteiger charge is 2.24. The quantitative estimate of drug-likeness (QED) is 0.679. The number of thiophene rings is 2. The Morgan fingerprint density at radius 3 is 3.00 bits per heavy atom. The van der Waals surface area contributed by atoms with E-state index in [9.17, 15) is 4.79 Å². The summed E-state index contributed by atoms with van der Waals surface area (Å²) in [5.41, 5.74) is 0. The zero-order chi connectivity index (χ0) is 14.4. The van der Waals surface area contributed by atoms with Gasteiger partial charge >= 0.3 is 0 Å². The van der Waals surface area contributed by atoms with Crippen molar-refractivity contribution in [2.24, 2.45) is 0 Å². The molecule has 1 fully saturated rings. The first-order chi connectivity index (χ1) is 10.2. The van der Waals surface area contributed by atoms with Crippen molar-refractivity contribution in [2.45, 2.75) is 13.0 Å². The summed E-state index contributed by atoms with van der Waals surface area (Å²) in [7, 11) is 0. The monoisotopic (exact) mass is 317 g/mol. The summed E-state index contributed by atoms with van der Waals surface area (Å²) in [6, 6.07) is 10.4. The minimum Gasteiger partial charge on any atom is -0.375 e. The maximum absolute atomic E-state index is 12.6. The molecule has 4 rings (SSSR count). The molecule has 1 aliphatic heterocycles. The van der Waals surface area contributed by atoms with E-state index in [4.69, 9.17) is 4.74 Å². The van der Waals surface area contributed by atoms with Gasteiger partial charge in [-0.3, -0.25) is 4.79 Å². The molecule has 0 aliphatic carbocycles. The van der Waals surface area contributed by atoms with Crippen molar-refractivity contribution in [3.05, 3.63) is 35.2 Å². The zero-order valence-corrected chi connectivity index (χ0v) is 13.3. The average molecular weight is 317 g/mol. The van der Waals surface area contributed by atoms with Crippen LogP contribution in [-0.4, -0.2) is 36.6 Å². The Labute approximate surface area is 130 Å². The van der Waals surface area contributed by atoms with Crippen LogP contribution in [0.1, 0.15) is 16.6 Å². The highest BCUT2D eigenvalue weighted by Crippen LogP contribution is 2.39. The van der Waals surface area contributed by atoms with Crippen LogP contribution in [-0.2, 0) is 4.74 Å². The molecule has 3 aromatic rings. The minimum absolute atomic E-state index is 0.129. The number of ether oxygens (including phenoxy) is 1. The number of carbonyl (C=O) groups is 1. The van der Waals surface area contributed by atoms with Crippen LogP contribution in [0.4, 0.5) is 0 Å². The highest BCUT2D eigenvalue weighted by molar-refractivity contribution is 7.33. The first-order valence-corrected chi connectivity index (χ1v) is 8.67. The van der Waals surface area contributed by atoms with Gasteiger partial charge in [0.1, 0.15) is 0 Å². The summed E-state index contributed by atoms with van der Waals surface area (Å²) < 4.78 is 9.25. The molecular formula is C16H15NO2S2. The lowest BCUT2D eigenvalue weighted by Gasteiger charge is -2.30. The standard InChI is InChI=1S/C16H15NO2S2/c1-10-9-17(6-7-19-10)16(18)14-8-13-15(21-14)11-4-2-3-5-12(11)20-13/h2-5,8,10H,6-7,9H2,1H3/t10-/m1/s1. The summed E-state index contributed by atoms with van der Waals surface area (Å²) in [4.78, 5) is 15.4. The van der Waals surface area contributed by atoms with Crippen molar-refractivity contribution in [3.63, 3.8) is 0 Å². The Bertz CT molecular complexity index is 820. The molecule has 1 amide bonds. The lowest BCUT2D eigenvalue weighted by molar-refractivity contribution is -0.0122. The van der Waals surface area contributed by atoms with Gasteiger partial charge < -0.3 is 9.64 Å². The maximum atomic E-state index is 12.6. The van der Waals surface area contributed by atoms with Gasteiger partial charge in [-0.15, -0.1) is 22.7 Å². The first-order valence-electron chi connectivity index (χ1n) is 7.04. The molecule has 1 saturated heterocycles. The van der Waals surface area contributed by atoms with E-state index in [1.54, 1.807) is 22.7 Å². The summed E-state index contributed by atoms with van der Waals surface area (Å²) in [5.74, 6) is 0.141. The van der Waals surface area contributed by atoms with E-state index < -0.39 is 0 Å². The molecule has 1 aliphatic rings. The number of morpholine rings is 1. The molecule has 0 bridgehead atoms. The Balaban J connectivity index is 1.71. The number of carbonyl (C=O) groups excluding carboxylic acids is 1. The molecule has 108 valence electrons. The molecule has 1 atom stereocenters. The minimum atomic E-state index is 0.129. The largest absolute Gasteiger partial charge is 0.375 e. The second kappa shape index (κ2) is 5.09. The van der Waals surface area contributed by atoms with E-state index in [2.05, 4.69) is 24.3 Å². The molecule has 21 heavy (non-hydrogen) atoms.